The quantitative estimate of drug-likeness (QED) is 0.157. The molecule has 0 unspecified atom stereocenters. The highest BCUT2D eigenvalue weighted by Gasteiger charge is 2.24. The Labute approximate surface area is 437 Å². The van der Waals surface area contributed by atoms with Gasteiger partial charge in [-0.3, -0.25) is 4.57 Å². The molecular weight excluding hydrogens is 923 g/mol. The van der Waals surface area contributed by atoms with Crippen molar-refractivity contribution in [2.75, 3.05) is 0 Å². The summed E-state index contributed by atoms with van der Waals surface area (Å²) in [5.74, 6) is 0. The van der Waals surface area contributed by atoms with Crippen molar-refractivity contribution in [1.82, 2.24) is 23.3 Å². The van der Waals surface area contributed by atoms with E-state index in [9.17, 15) is 0 Å². The van der Waals surface area contributed by atoms with Crippen molar-refractivity contribution in [2.45, 2.75) is 0 Å². The van der Waals surface area contributed by atoms with Crippen LogP contribution in [0.3, 0.4) is 0 Å². The number of rotatable bonds is 7. The third-order valence-electron chi connectivity index (χ3n) is 15.7. The van der Waals surface area contributed by atoms with E-state index in [0.717, 1.165) is 78.2 Å². The standard InChI is InChI=1S/C71H45N5/c1-4-20-46(21-5-1)49-40-50(47-22-18-28-54(43-47)73-63-36-16-12-32-59(63)68-65(73)39-38-57-56-30-10-14-34-61(56)75(70(57)68)52-24-6-2-7-25-52)42-51(41-49)48-23-19-29-55(44-48)74-62-35-15-11-31-58(62)67-66(74)45-72-71-69(67)60-33-13-17-37-64(60)76(71)53-26-8-3-9-27-53/h1-45H. The van der Waals surface area contributed by atoms with Gasteiger partial charge in [0.15, 0.2) is 0 Å². The highest BCUT2D eigenvalue weighted by Crippen LogP contribution is 2.45. The molecule has 0 radical (unpaired) electrons. The fourth-order valence-corrected chi connectivity index (χ4v) is 12.5. The molecule has 0 bridgehead atoms. The molecule has 0 aliphatic rings. The topological polar surface area (TPSA) is 32.6 Å². The molecular formula is C71H45N5. The number of hydrogen-bond acceptors (Lipinski definition) is 1. The van der Waals surface area contributed by atoms with Crippen molar-refractivity contribution in [3.8, 4) is 56.1 Å². The minimum Gasteiger partial charge on any atom is -0.309 e. The molecule has 11 aromatic carbocycles. The molecule has 0 N–H and O–H groups in total. The van der Waals surface area contributed by atoms with Gasteiger partial charge in [-0.15, -0.1) is 0 Å². The lowest BCUT2D eigenvalue weighted by molar-refractivity contribution is 1.13. The Morgan fingerprint density at radius 3 is 1.24 bits per heavy atom. The van der Waals surface area contributed by atoms with E-state index in [0.29, 0.717) is 0 Å². The minimum atomic E-state index is 0.952. The average molecular weight is 968 g/mol. The van der Waals surface area contributed by atoms with Crippen LogP contribution in [0, 0.1) is 0 Å². The predicted octanol–water partition coefficient (Wildman–Crippen LogP) is 18.5. The van der Waals surface area contributed by atoms with Crippen molar-refractivity contribution < 1.29 is 0 Å². The first-order chi connectivity index (χ1) is 37.7. The van der Waals surface area contributed by atoms with Crippen LogP contribution in [-0.4, -0.2) is 23.3 Å². The lowest BCUT2D eigenvalue weighted by Crippen LogP contribution is -1.97. The van der Waals surface area contributed by atoms with Gasteiger partial charge in [0.1, 0.15) is 5.65 Å². The highest BCUT2D eigenvalue weighted by atomic mass is 15.1. The van der Waals surface area contributed by atoms with Crippen LogP contribution in [0.1, 0.15) is 0 Å². The van der Waals surface area contributed by atoms with Gasteiger partial charge in [0.05, 0.1) is 44.8 Å². The van der Waals surface area contributed by atoms with Crippen LogP contribution in [0.25, 0.3) is 143 Å². The van der Waals surface area contributed by atoms with E-state index in [1.165, 1.54) is 65.3 Å². The van der Waals surface area contributed by atoms with E-state index in [1.807, 2.05) is 0 Å². The molecule has 5 heterocycles. The molecule has 354 valence electrons. The SMILES string of the molecule is c1ccc(-c2cc(-c3cccc(-n4c5ccccc5c5c6c7ccccc7n(-c7ccccc7)c6ncc54)c3)cc(-c3cccc(-n4c5ccccc5c5c4ccc4c6ccccc6n(-c6ccccc6)c45)c3)c2)cc1. The molecule has 0 fully saturated rings. The summed E-state index contributed by atoms with van der Waals surface area (Å²) >= 11 is 0. The zero-order chi connectivity index (χ0) is 49.8. The van der Waals surface area contributed by atoms with Crippen LogP contribution in [0.4, 0.5) is 0 Å². The van der Waals surface area contributed by atoms with Gasteiger partial charge < -0.3 is 13.7 Å². The second kappa shape index (κ2) is 16.7. The van der Waals surface area contributed by atoms with E-state index < -0.39 is 0 Å². The number of pyridine rings is 1. The monoisotopic (exact) mass is 967 g/mol. The Morgan fingerprint density at radius 2 is 0.645 bits per heavy atom. The van der Waals surface area contributed by atoms with Gasteiger partial charge in [0, 0.05) is 65.8 Å². The summed E-state index contributed by atoms with van der Waals surface area (Å²) < 4.78 is 9.62. The molecule has 16 rings (SSSR count). The summed E-state index contributed by atoms with van der Waals surface area (Å²) in [6.07, 6.45) is 2.08. The number of para-hydroxylation sites is 6. The Hall–Kier alpha value is -10.2. The fraction of sp³-hybridized carbons (Fsp3) is 0. The number of nitrogens with zero attached hydrogens (tertiary/aromatic N) is 5. The maximum atomic E-state index is 5.31. The van der Waals surface area contributed by atoms with E-state index in [1.54, 1.807) is 0 Å². The molecule has 16 aromatic rings. The minimum absolute atomic E-state index is 0.952. The average Bonchev–Trinajstić information content (AvgIpc) is 4.39. The zero-order valence-corrected chi connectivity index (χ0v) is 41.2. The first kappa shape index (κ1) is 42.3. The molecule has 5 aromatic heterocycles. The van der Waals surface area contributed by atoms with Gasteiger partial charge in [-0.2, -0.15) is 0 Å². The lowest BCUT2D eigenvalue weighted by atomic mass is 9.93. The maximum absolute atomic E-state index is 5.31. The first-order valence-electron chi connectivity index (χ1n) is 26.0. The van der Waals surface area contributed by atoms with E-state index in [-0.39, 0.29) is 0 Å². The van der Waals surface area contributed by atoms with Crippen LogP contribution in [-0.2, 0) is 0 Å². The van der Waals surface area contributed by atoms with Gasteiger partial charge in [-0.25, -0.2) is 4.98 Å². The van der Waals surface area contributed by atoms with Crippen molar-refractivity contribution in [1.29, 1.82) is 0 Å². The Bertz CT molecular complexity index is 4980. The van der Waals surface area contributed by atoms with Gasteiger partial charge in [-0.1, -0.05) is 170 Å². The van der Waals surface area contributed by atoms with Crippen LogP contribution >= 0.6 is 0 Å². The summed E-state index contributed by atoms with van der Waals surface area (Å²) in [5.41, 5.74) is 20.4. The van der Waals surface area contributed by atoms with E-state index >= 15 is 0 Å². The maximum Gasteiger partial charge on any atom is 0.146 e. The fourth-order valence-electron chi connectivity index (χ4n) is 12.5. The van der Waals surface area contributed by atoms with E-state index in [4.69, 9.17) is 4.98 Å². The summed E-state index contributed by atoms with van der Waals surface area (Å²) in [5, 5.41) is 9.72. The van der Waals surface area contributed by atoms with Gasteiger partial charge in [0.25, 0.3) is 0 Å². The molecule has 0 atom stereocenters. The lowest BCUT2D eigenvalue weighted by Gasteiger charge is -2.15. The molecule has 0 spiro atoms. The second-order valence-corrected chi connectivity index (χ2v) is 19.9. The predicted molar refractivity (Wildman–Crippen MR) is 318 cm³/mol. The van der Waals surface area contributed by atoms with Gasteiger partial charge in [-0.05, 0) is 130 Å². The smallest absolute Gasteiger partial charge is 0.146 e. The normalized spacial score (nSPS) is 11.9. The molecule has 0 aliphatic carbocycles. The van der Waals surface area contributed by atoms with Gasteiger partial charge >= 0.3 is 0 Å². The Kier molecular flexibility index (Phi) is 9.27. The van der Waals surface area contributed by atoms with Crippen LogP contribution in [0.2, 0.25) is 0 Å². The van der Waals surface area contributed by atoms with Crippen molar-refractivity contribution >= 4 is 87.4 Å². The molecule has 5 heteroatoms. The zero-order valence-electron chi connectivity index (χ0n) is 41.2. The summed E-state index contributed by atoms with van der Waals surface area (Å²) in [6, 6.07) is 97.2. The van der Waals surface area contributed by atoms with Crippen LogP contribution in [0.15, 0.2) is 273 Å². The number of hydrogen-bond donors (Lipinski definition) is 0. The van der Waals surface area contributed by atoms with Crippen molar-refractivity contribution in [2.24, 2.45) is 0 Å². The van der Waals surface area contributed by atoms with Crippen molar-refractivity contribution in [3.63, 3.8) is 0 Å². The number of aromatic nitrogens is 5. The summed E-state index contributed by atoms with van der Waals surface area (Å²) in [4.78, 5) is 5.31. The second-order valence-electron chi connectivity index (χ2n) is 19.9. The Balaban J connectivity index is 0.875. The first-order valence-corrected chi connectivity index (χ1v) is 26.0. The molecule has 0 saturated heterocycles. The molecule has 0 amide bonds. The molecule has 5 nitrogen and oxygen atoms in total. The Morgan fingerprint density at radius 1 is 0.224 bits per heavy atom. The van der Waals surface area contributed by atoms with E-state index in [2.05, 4.69) is 291 Å². The summed E-state index contributed by atoms with van der Waals surface area (Å²) in [6.45, 7) is 0. The van der Waals surface area contributed by atoms with Crippen LogP contribution in [0.5, 0.6) is 0 Å². The van der Waals surface area contributed by atoms with Gasteiger partial charge in [0.2, 0.25) is 0 Å². The highest BCUT2D eigenvalue weighted by molar-refractivity contribution is 6.28. The third kappa shape index (κ3) is 6.30. The molecule has 0 saturated carbocycles. The molecule has 0 aliphatic heterocycles. The molecule has 76 heavy (non-hydrogen) atoms. The van der Waals surface area contributed by atoms with Crippen LogP contribution < -0.4 is 0 Å². The third-order valence-corrected chi connectivity index (χ3v) is 15.7. The van der Waals surface area contributed by atoms with Crippen molar-refractivity contribution in [3.05, 3.63) is 273 Å². The largest absolute Gasteiger partial charge is 0.309 e. The number of fused-ring (bicyclic) bond motifs is 14. The number of benzene rings is 11. The summed E-state index contributed by atoms with van der Waals surface area (Å²) in [7, 11) is 0.